The van der Waals surface area contributed by atoms with Crippen molar-refractivity contribution in [3.05, 3.63) is 10.5 Å². The summed E-state index contributed by atoms with van der Waals surface area (Å²) in [5.74, 6) is 0. The molecule has 0 unspecified atom stereocenters. The maximum absolute atomic E-state index is 10.7. The van der Waals surface area contributed by atoms with Gasteiger partial charge in [0.2, 0.25) is 0 Å². The van der Waals surface area contributed by atoms with Gasteiger partial charge in [-0.05, 0) is 23.4 Å². The van der Waals surface area contributed by atoms with Gasteiger partial charge in [-0.25, -0.2) is 9.89 Å². The Kier molecular flexibility index (Phi) is 2.16. The number of nitrogens with two attached hydrogens (primary N) is 1. The largest absolute Gasteiger partial charge is 0.361 e. The minimum Gasteiger partial charge on any atom is -0.330 e. The van der Waals surface area contributed by atoms with E-state index in [0.717, 1.165) is 6.42 Å². The number of aromatic amines is 1. The first-order valence-electron chi connectivity index (χ1n) is 3.03. The Morgan fingerprint density at radius 1 is 1.70 bits per heavy atom. The molecule has 1 heterocycles. The first-order chi connectivity index (χ1) is 4.84. The van der Waals surface area contributed by atoms with Gasteiger partial charge in [0.1, 0.15) is 0 Å². The molecule has 0 saturated carbocycles. The third kappa shape index (κ3) is 1.41. The molecule has 0 aromatic carbocycles. The Morgan fingerprint density at radius 2 is 2.50 bits per heavy atom. The highest BCUT2D eigenvalue weighted by molar-refractivity contribution is 4.51. The number of rotatable bonds is 3. The molecule has 6 nitrogen and oxygen atoms in total. The highest BCUT2D eigenvalue weighted by Crippen LogP contribution is 1.76. The van der Waals surface area contributed by atoms with E-state index < -0.39 is 0 Å². The van der Waals surface area contributed by atoms with E-state index in [9.17, 15) is 4.79 Å². The first kappa shape index (κ1) is 6.94. The van der Waals surface area contributed by atoms with Crippen molar-refractivity contribution in [2.45, 2.75) is 13.0 Å². The average Bonchev–Trinajstić information content (AvgIpc) is 2.31. The van der Waals surface area contributed by atoms with Gasteiger partial charge >= 0.3 is 5.69 Å². The van der Waals surface area contributed by atoms with Gasteiger partial charge in [-0.1, -0.05) is 0 Å². The van der Waals surface area contributed by atoms with Crippen LogP contribution in [0.2, 0.25) is 0 Å². The van der Waals surface area contributed by atoms with Crippen molar-refractivity contribution in [1.82, 2.24) is 20.2 Å². The van der Waals surface area contributed by atoms with Crippen LogP contribution in [0.1, 0.15) is 6.42 Å². The Bertz CT molecular complexity index is 238. The first-order valence-corrected chi connectivity index (χ1v) is 3.03. The van der Waals surface area contributed by atoms with E-state index in [1.807, 2.05) is 0 Å². The summed E-state index contributed by atoms with van der Waals surface area (Å²) in [6.07, 6.45) is 0.742. The fourth-order valence-corrected chi connectivity index (χ4v) is 0.605. The lowest BCUT2D eigenvalue weighted by Gasteiger charge is -1.92. The molecule has 0 aliphatic rings. The smallest absolute Gasteiger partial charge is 0.330 e. The fourth-order valence-electron chi connectivity index (χ4n) is 0.605. The number of tetrazole rings is 1. The van der Waals surface area contributed by atoms with Crippen LogP contribution in [0.15, 0.2) is 4.79 Å². The second-order valence-electron chi connectivity index (χ2n) is 1.87. The Balaban J connectivity index is 2.57. The average molecular weight is 143 g/mol. The predicted octanol–water partition coefficient (Wildman–Crippen LogP) is -1.68. The summed E-state index contributed by atoms with van der Waals surface area (Å²) in [6.45, 7) is 1.09. The van der Waals surface area contributed by atoms with Crippen LogP contribution in [0.25, 0.3) is 0 Å². The highest BCUT2D eigenvalue weighted by Gasteiger charge is 1.95. The molecule has 1 aromatic rings. The molecule has 3 N–H and O–H groups in total. The van der Waals surface area contributed by atoms with Gasteiger partial charge in [0.15, 0.2) is 0 Å². The van der Waals surface area contributed by atoms with Crippen molar-refractivity contribution in [1.29, 1.82) is 0 Å². The Labute approximate surface area is 57.0 Å². The van der Waals surface area contributed by atoms with Gasteiger partial charge in [-0.2, -0.15) is 4.68 Å². The fraction of sp³-hybridized carbons (Fsp3) is 0.750. The highest BCUT2D eigenvalue weighted by atomic mass is 16.2. The maximum Gasteiger partial charge on any atom is 0.361 e. The summed E-state index contributed by atoms with van der Waals surface area (Å²) in [7, 11) is 0. The van der Waals surface area contributed by atoms with Crippen LogP contribution in [0.3, 0.4) is 0 Å². The van der Waals surface area contributed by atoms with Gasteiger partial charge in [0.05, 0.1) is 0 Å². The molecule has 1 rings (SSSR count). The summed E-state index contributed by atoms with van der Waals surface area (Å²) in [6, 6.07) is 0. The lowest BCUT2D eigenvalue weighted by molar-refractivity contribution is 0.550. The maximum atomic E-state index is 10.7. The van der Waals surface area contributed by atoms with Gasteiger partial charge in [-0.15, -0.1) is 0 Å². The van der Waals surface area contributed by atoms with Crippen molar-refractivity contribution in [3.8, 4) is 0 Å². The van der Waals surface area contributed by atoms with Crippen molar-refractivity contribution in [2.75, 3.05) is 6.54 Å². The molecule has 10 heavy (non-hydrogen) atoms. The zero-order valence-corrected chi connectivity index (χ0v) is 5.45. The van der Waals surface area contributed by atoms with Crippen LogP contribution < -0.4 is 11.4 Å². The van der Waals surface area contributed by atoms with Crippen LogP contribution in [-0.4, -0.2) is 26.8 Å². The van der Waals surface area contributed by atoms with Crippen molar-refractivity contribution >= 4 is 0 Å². The van der Waals surface area contributed by atoms with E-state index in [2.05, 4.69) is 15.5 Å². The van der Waals surface area contributed by atoms with Gasteiger partial charge < -0.3 is 5.73 Å². The Hall–Kier alpha value is -1.17. The minimum atomic E-state index is -0.284. The summed E-state index contributed by atoms with van der Waals surface area (Å²) in [5, 5.41) is 8.99. The van der Waals surface area contributed by atoms with E-state index in [0.29, 0.717) is 13.1 Å². The molecule has 0 bridgehead atoms. The number of nitrogens with one attached hydrogen (secondary N) is 1. The molecule has 0 amide bonds. The van der Waals surface area contributed by atoms with E-state index in [1.165, 1.54) is 4.68 Å². The van der Waals surface area contributed by atoms with Crippen LogP contribution in [0.5, 0.6) is 0 Å². The van der Waals surface area contributed by atoms with Crippen LogP contribution in [-0.2, 0) is 6.54 Å². The van der Waals surface area contributed by atoms with Gasteiger partial charge in [0, 0.05) is 6.54 Å². The van der Waals surface area contributed by atoms with E-state index in [1.54, 1.807) is 0 Å². The number of hydrogen-bond acceptors (Lipinski definition) is 4. The third-order valence-corrected chi connectivity index (χ3v) is 1.11. The zero-order valence-electron chi connectivity index (χ0n) is 5.45. The van der Waals surface area contributed by atoms with Gasteiger partial charge in [0.25, 0.3) is 0 Å². The number of aryl methyl sites for hydroxylation is 1. The number of nitrogens with zero attached hydrogens (tertiary/aromatic N) is 3. The predicted molar refractivity (Wildman–Crippen MR) is 34.3 cm³/mol. The van der Waals surface area contributed by atoms with E-state index >= 15 is 0 Å². The summed E-state index contributed by atoms with van der Waals surface area (Å²) < 4.78 is 1.24. The lowest BCUT2D eigenvalue weighted by atomic mass is 10.4. The summed E-state index contributed by atoms with van der Waals surface area (Å²) >= 11 is 0. The van der Waals surface area contributed by atoms with Crippen LogP contribution >= 0.6 is 0 Å². The molecule has 0 saturated heterocycles. The number of hydrogen-bond donors (Lipinski definition) is 2. The molecule has 0 radical (unpaired) electrons. The number of H-pyrrole nitrogens is 1. The minimum absolute atomic E-state index is 0.284. The van der Waals surface area contributed by atoms with E-state index in [4.69, 9.17) is 5.73 Å². The molecule has 0 fully saturated rings. The molecule has 0 aliphatic carbocycles. The lowest BCUT2D eigenvalue weighted by Crippen LogP contribution is -2.19. The molecule has 0 atom stereocenters. The SMILES string of the molecule is NCCCn1nn[nH]c1=O. The van der Waals surface area contributed by atoms with Crippen molar-refractivity contribution in [2.24, 2.45) is 5.73 Å². The monoisotopic (exact) mass is 143 g/mol. The second-order valence-corrected chi connectivity index (χ2v) is 1.87. The molecule has 6 heteroatoms. The normalized spacial score (nSPS) is 10.1. The van der Waals surface area contributed by atoms with Crippen molar-refractivity contribution < 1.29 is 0 Å². The number of aromatic nitrogens is 4. The molecule has 1 aromatic heterocycles. The Morgan fingerprint density at radius 3 is 3.00 bits per heavy atom. The van der Waals surface area contributed by atoms with E-state index in [-0.39, 0.29) is 5.69 Å². The molecule has 56 valence electrons. The summed E-state index contributed by atoms with van der Waals surface area (Å²) in [5.41, 5.74) is 4.94. The van der Waals surface area contributed by atoms with Crippen molar-refractivity contribution in [3.63, 3.8) is 0 Å². The topological polar surface area (TPSA) is 89.6 Å². The van der Waals surface area contributed by atoms with Gasteiger partial charge in [-0.3, -0.25) is 0 Å². The molecule has 0 aliphatic heterocycles. The summed E-state index contributed by atoms with van der Waals surface area (Å²) in [4.78, 5) is 10.7. The zero-order chi connectivity index (χ0) is 7.40. The molecule has 0 spiro atoms. The van der Waals surface area contributed by atoms with Crippen LogP contribution in [0.4, 0.5) is 0 Å². The molecular weight excluding hydrogens is 134 g/mol. The second kappa shape index (κ2) is 3.11. The van der Waals surface area contributed by atoms with Crippen LogP contribution in [0, 0.1) is 0 Å². The third-order valence-electron chi connectivity index (χ3n) is 1.11. The standard InChI is InChI=1S/C4H9N5O/c5-2-1-3-9-4(10)6-7-8-9/h1-3,5H2,(H,6,8,10). The molecular formula is C4H9N5O. The quantitative estimate of drug-likeness (QED) is 0.528.